The fourth-order valence-electron chi connectivity index (χ4n) is 1.46. The summed E-state index contributed by atoms with van der Waals surface area (Å²) in [7, 11) is 0. The van der Waals surface area contributed by atoms with Crippen molar-refractivity contribution in [2.24, 2.45) is 0 Å². The molecule has 74 valence electrons. The number of rotatable bonds is 3. The second-order valence-electron chi connectivity index (χ2n) is 3.20. The van der Waals surface area contributed by atoms with E-state index in [2.05, 4.69) is 18.9 Å². The number of aryl methyl sites for hydroxylation is 1. The lowest BCUT2D eigenvalue weighted by atomic mass is 10.2. The fraction of sp³-hybridized carbons (Fsp3) is 0.667. The molecule has 1 heterocycles. The van der Waals surface area contributed by atoms with Crippen molar-refractivity contribution in [1.82, 2.24) is 9.78 Å². The van der Waals surface area contributed by atoms with E-state index in [9.17, 15) is 0 Å². The monoisotopic (exact) mass is 201 g/mol. The summed E-state index contributed by atoms with van der Waals surface area (Å²) in [6.07, 6.45) is 2.05. The molecule has 0 aliphatic carbocycles. The minimum absolute atomic E-state index is 0.367. The SMILES string of the molecule is CCC(CC)n1nc(C)c(Cl)c1N. The van der Waals surface area contributed by atoms with E-state index in [1.54, 1.807) is 0 Å². The lowest BCUT2D eigenvalue weighted by Crippen LogP contribution is -2.11. The first-order valence-electron chi connectivity index (χ1n) is 4.61. The fourth-order valence-corrected chi connectivity index (χ4v) is 1.58. The van der Waals surface area contributed by atoms with Gasteiger partial charge in [0.05, 0.1) is 11.7 Å². The number of aromatic nitrogens is 2. The molecule has 0 aliphatic rings. The zero-order valence-electron chi connectivity index (χ0n) is 8.34. The number of nitrogens with zero attached hydrogens (tertiary/aromatic N) is 2. The van der Waals surface area contributed by atoms with Crippen LogP contribution in [0.2, 0.25) is 5.02 Å². The summed E-state index contributed by atoms with van der Waals surface area (Å²) in [6.45, 7) is 6.12. The van der Waals surface area contributed by atoms with Gasteiger partial charge in [0.15, 0.2) is 0 Å². The van der Waals surface area contributed by atoms with Crippen LogP contribution in [0, 0.1) is 6.92 Å². The van der Waals surface area contributed by atoms with E-state index < -0.39 is 0 Å². The third-order valence-electron chi connectivity index (χ3n) is 2.34. The second kappa shape index (κ2) is 4.01. The maximum Gasteiger partial charge on any atom is 0.141 e. The molecule has 0 atom stereocenters. The quantitative estimate of drug-likeness (QED) is 0.818. The van der Waals surface area contributed by atoms with Crippen molar-refractivity contribution < 1.29 is 0 Å². The molecule has 2 N–H and O–H groups in total. The number of halogens is 1. The molecule has 1 aromatic rings. The highest BCUT2D eigenvalue weighted by Gasteiger charge is 2.15. The summed E-state index contributed by atoms with van der Waals surface area (Å²) in [5, 5.41) is 4.90. The zero-order chi connectivity index (χ0) is 10.0. The van der Waals surface area contributed by atoms with E-state index in [1.165, 1.54) is 0 Å². The molecule has 1 aromatic heterocycles. The van der Waals surface area contributed by atoms with Crippen LogP contribution in [0.5, 0.6) is 0 Å². The van der Waals surface area contributed by atoms with Crippen molar-refractivity contribution in [3.63, 3.8) is 0 Å². The van der Waals surface area contributed by atoms with Gasteiger partial charge in [-0.1, -0.05) is 25.4 Å². The zero-order valence-corrected chi connectivity index (χ0v) is 9.10. The van der Waals surface area contributed by atoms with Crippen molar-refractivity contribution in [2.75, 3.05) is 5.73 Å². The molecule has 1 rings (SSSR count). The Bertz CT molecular complexity index is 289. The lowest BCUT2D eigenvalue weighted by molar-refractivity contribution is 0.432. The van der Waals surface area contributed by atoms with E-state index >= 15 is 0 Å². The summed E-state index contributed by atoms with van der Waals surface area (Å²) in [6, 6.07) is 0.367. The first kappa shape index (κ1) is 10.4. The van der Waals surface area contributed by atoms with Gasteiger partial charge in [0, 0.05) is 0 Å². The molecule has 0 aliphatic heterocycles. The highest BCUT2D eigenvalue weighted by molar-refractivity contribution is 6.33. The van der Waals surface area contributed by atoms with Crippen LogP contribution < -0.4 is 5.73 Å². The maximum absolute atomic E-state index is 5.95. The predicted octanol–water partition coefficient (Wildman–Crippen LogP) is 2.79. The molecule has 0 aromatic carbocycles. The minimum atomic E-state index is 0.367. The molecule has 3 nitrogen and oxygen atoms in total. The Morgan fingerprint density at radius 2 is 2.00 bits per heavy atom. The van der Waals surface area contributed by atoms with E-state index in [4.69, 9.17) is 17.3 Å². The molecule has 0 saturated carbocycles. The molecule has 13 heavy (non-hydrogen) atoms. The first-order valence-corrected chi connectivity index (χ1v) is 4.99. The van der Waals surface area contributed by atoms with Crippen molar-refractivity contribution in [3.8, 4) is 0 Å². The molecule has 0 spiro atoms. The summed E-state index contributed by atoms with van der Waals surface area (Å²) >= 11 is 5.95. The Labute approximate surface area is 83.9 Å². The summed E-state index contributed by atoms with van der Waals surface area (Å²) in [5.41, 5.74) is 6.64. The Morgan fingerprint density at radius 3 is 2.31 bits per heavy atom. The van der Waals surface area contributed by atoms with Gasteiger partial charge in [-0.25, -0.2) is 4.68 Å². The average Bonchev–Trinajstić information content (AvgIpc) is 2.36. The minimum Gasteiger partial charge on any atom is -0.383 e. The number of hydrogen-bond acceptors (Lipinski definition) is 2. The smallest absolute Gasteiger partial charge is 0.141 e. The van der Waals surface area contributed by atoms with Crippen LogP contribution in [0.4, 0.5) is 5.82 Å². The predicted molar refractivity (Wildman–Crippen MR) is 56.0 cm³/mol. The van der Waals surface area contributed by atoms with Gasteiger partial charge < -0.3 is 5.73 Å². The van der Waals surface area contributed by atoms with Crippen molar-refractivity contribution in [3.05, 3.63) is 10.7 Å². The number of hydrogen-bond donors (Lipinski definition) is 1. The number of nitrogen functional groups attached to an aromatic ring is 1. The Morgan fingerprint density at radius 1 is 1.46 bits per heavy atom. The summed E-state index contributed by atoms with van der Waals surface area (Å²) in [4.78, 5) is 0. The van der Waals surface area contributed by atoms with E-state index in [0.29, 0.717) is 16.9 Å². The van der Waals surface area contributed by atoms with E-state index in [0.717, 1.165) is 18.5 Å². The topological polar surface area (TPSA) is 43.8 Å². The van der Waals surface area contributed by atoms with Gasteiger partial charge in [0.2, 0.25) is 0 Å². The third kappa shape index (κ3) is 1.80. The van der Waals surface area contributed by atoms with Gasteiger partial charge in [-0.05, 0) is 19.8 Å². The third-order valence-corrected chi connectivity index (χ3v) is 2.80. The van der Waals surface area contributed by atoms with Crippen LogP contribution in [-0.2, 0) is 0 Å². The molecular formula is C9H16ClN3. The number of anilines is 1. The largest absolute Gasteiger partial charge is 0.383 e. The molecular weight excluding hydrogens is 186 g/mol. The average molecular weight is 202 g/mol. The maximum atomic E-state index is 5.95. The van der Waals surface area contributed by atoms with Gasteiger partial charge in [-0.3, -0.25) is 0 Å². The van der Waals surface area contributed by atoms with Gasteiger partial charge in [0.1, 0.15) is 10.8 Å². The van der Waals surface area contributed by atoms with Gasteiger partial charge in [0.25, 0.3) is 0 Å². The molecule has 0 radical (unpaired) electrons. The van der Waals surface area contributed by atoms with Crippen LogP contribution in [0.15, 0.2) is 0 Å². The molecule has 0 saturated heterocycles. The van der Waals surface area contributed by atoms with Crippen molar-refractivity contribution >= 4 is 17.4 Å². The van der Waals surface area contributed by atoms with E-state index in [-0.39, 0.29) is 0 Å². The van der Waals surface area contributed by atoms with Crippen LogP contribution in [0.1, 0.15) is 38.4 Å². The van der Waals surface area contributed by atoms with Crippen LogP contribution in [-0.4, -0.2) is 9.78 Å². The van der Waals surface area contributed by atoms with Crippen molar-refractivity contribution in [2.45, 2.75) is 39.7 Å². The van der Waals surface area contributed by atoms with Crippen LogP contribution >= 0.6 is 11.6 Å². The highest BCUT2D eigenvalue weighted by atomic mass is 35.5. The Kier molecular flexibility index (Phi) is 3.20. The molecule has 0 unspecified atom stereocenters. The Balaban J connectivity index is 3.06. The van der Waals surface area contributed by atoms with Gasteiger partial charge >= 0.3 is 0 Å². The second-order valence-corrected chi connectivity index (χ2v) is 3.58. The normalized spacial score (nSPS) is 11.2. The van der Waals surface area contributed by atoms with Crippen LogP contribution in [0.3, 0.4) is 0 Å². The first-order chi connectivity index (χ1) is 6.11. The standard InChI is InChI=1S/C9H16ClN3/c1-4-7(5-2)13-9(11)8(10)6(3)12-13/h7H,4-5,11H2,1-3H3. The van der Waals surface area contributed by atoms with Gasteiger partial charge in [-0.2, -0.15) is 5.10 Å². The van der Waals surface area contributed by atoms with Crippen molar-refractivity contribution in [1.29, 1.82) is 0 Å². The Hall–Kier alpha value is -0.700. The molecule has 0 bridgehead atoms. The molecule has 4 heteroatoms. The summed E-state index contributed by atoms with van der Waals surface area (Å²) < 4.78 is 1.83. The lowest BCUT2D eigenvalue weighted by Gasteiger charge is -2.14. The van der Waals surface area contributed by atoms with E-state index in [1.807, 2.05) is 11.6 Å². The van der Waals surface area contributed by atoms with Gasteiger partial charge in [-0.15, -0.1) is 0 Å². The molecule has 0 fully saturated rings. The highest BCUT2D eigenvalue weighted by Crippen LogP contribution is 2.27. The number of nitrogens with two attached hydrogens (primary N) is 1. The van der Waals surface area contributed by atoms with Crippen LogP contribution in [0.25, 0.3) is 0 Å². The molecule has 0 amide bonds. The summed E-state index contributed by atoms with van der Waals surface area (Å²) in [5.74, 6) is 0.591.